The second-order valence-corrected chi connectivity index (χ2v) is 4.50. The molecule has 0 aromatic heterocycles. The van der Waals surface area contributed by atoms with E-state index in [0.717, 1.165) is 29.4 Å². The van der Waals surface area contributed by atoms with E-state index in [0.29, 0.717) is 0 Å². The van der Waals surface area contributed by atoms with Gasteiger partial charge in [0.1, 0.15) is 5.82 Å². The summed E-state index contributed by atoms with van der Waals surface area (Å²) in [4.78, 5) is 0. The van der Waals surface area contributed by atoms with E-state index in [4.69, 9.17) is 0 Å². The smallest absolute Gasteiger partial charge is 0.124 e. The molecule has 0 aliphatic heterocycles. The molecular formula is C13H17BrFN. The Morgan fingerprint density at radius 1 is 1.56 bits per heavy atom. The van der Waals surface area contributed by atoms with Crippen LogP contribution in [0.5, 0.6) is 0 Å². The van der Waals surface area contributed by atoms with E-state index in [1.807, 2.05) is 12.1 Å². The highest BCUT2D eigenvalue weighted by molar-refractivity contribution is 9.10. The molecule has 88 valence electrons. The maximum absolute atomic E-state index is 13.0. The first-order chi connectivity index (χ1) is 7.69. The Bertz CT molecular complexity index is 352. The lowest BCUT2D eigenvalue weighted by atomic mass is 10.0. The first kappa shape index (κ1) is 13.4. The molecule has 0 amide bonds. The lowest BCUT2D eigenvalue weighted by Gasteiger charge is -2.19. The molecule has 0 radical (unpaired) electrons. The quantitative estimate of drug-likeness (QED) is 0.773. The molecule has 0 fully saturated rings. The van der Waals surface area contributed by atoms with E-state index in [1.54, 1.807) is 0 Å². The van der Waals surface area contributed by atoms with Crippen molar-refractivity contribution in [1.82, 2.24) is 5.32 Å². The number of rotatable bonds is 6. The van der Waals surface area contributed by atoms with Gasteiger partial charge in [-0.25, -0.2) is 4.39 Å². The first-order valence-corrected chi connectivity index (χ1v) is 6.27. The van der Waals surface area contributed by atoms with Crippen LogP contribution in [-0.2, 0) is 0 Å². The molecule has 0 saturated heterocycles. The average molecular weight is 286 g/mol. The summed E-state index contributed by atoms with van der Waals surface area (Å²) in [5.41, 5.74) is 1.10. The van der Waals surface area contributed by atoms with Crippen LogP contribution < -0.4 is 5.32 Å². The van der Waals surface area contributed by atoms with Crippen molar-refractivity contribution < 1.29 is 4.39 Å². The van der Waals surface area contributed by atoms with E-state index >= 15 is 0 Å². The van der Waals surface area contributed by atoms with E-state index in [9.17, 15) is 4.39 Å². The summed E-state index contributed by atoms with van der Waals surface area (Å²) < 4.78 is 13.8. The van der Waals surface area contributed by atoms with Crippen molar-refractivity contribution in [2.45, 2.75) is 25.8 Å². The van der Waals surface area contributed by atoms with Crippen LogP contribution >= 0.6 is 15.9 Å². The third-order valence-electron chi connectivity index (χ3n) is 2.45. The molecule has 0 heterocycles. The fourth-order valence-corrected chi connectivity index (χ4v) is 2.31. The molecule has 1 unspecified atom stereocenters. The molecule has 1 aromatic carbocycles. The molecule has 0 bridgehead atoms. The molecule has 1 atom stereocenters. The predicted molar refractivity (Wildman–Crippen MR) is 69.9 cm³/mol. The maximum Gasteiger partial charge on any atom is 0.124 e. The zero-order chi connectivity index (χ0) is 12.0. The maximum atomic E-state index is 13.0. The van der Waals surface area contributed by atoms with Gasteiger partial charge in [0.2, 0.25) is 0 Å². The zero-order valence-electron chi connectivity index (χ0n) is 9.47. The summed E-state index contributed by atoms with van der Waals surface area (Å²) in [5.74, 6) is -0.213. The Morgan fingerprint density at radius 3 is 2.88 bits per heavy atom. The van der Waals surface area contributed by atoms with E-state index < -0.39 is 0 Å². The van der Waals surface area contributed by atoms with Crippen molar-refractivity contribution >= 4 is 15.9 Å². The summed E-state index contributed by atoms with van der Waals surface area (Å²) in [5, 5.41) is 3.39. The Hall–Kier alpha value is -0.670. The van der Waals surface area contributed by atoms with Crippen LogP contribution in [0.4, 0.5) is 4.39 Å². The lowest BCUT2D eigenvalue weighted by molar-refractivity contribution is 0.516. The summed E-state index contributed by atoms with van der Waals surface area (Å²) in [6.45, 7) is 6.69. The molecule has 1 N–H and O–H groups in total. The zero-order valence-corrected chi connectivity index (χ0v) is 11.1. The highest BCUT2D eigenvalue weighted by atomic mass is 79.9. The largest absolute Gasteiger partial charge is 0.310 e. The van der Waals surface area contributed by atoms with Gasteiger partial charge >= 0.3 is 0 Å². The highest BCUT2D eigenvalue weighted by Crippen LogP contribution is 2.27. The molecule has 1 aromatic rings. The van der Waals surface area contributed by atoms with Gasteiger partial charge in [0.15, 0.2) is 0 Å². The van der Waals surface area contributed by atoms with Crippen LogP contribution in [0, 0.1) is 5.82 Å². The molecule has 3 heteroatoms. The van der Waals surface area contributed by atoms with Gasteiger partial charge in [-0.2, -0.15) is 0 Å². The minimum absolute atomic E-state index is 0.213. The number of allylic oxidation sites excluding steroid dienone is 1. The van der Waals surface area contributed by atoms with Crippen LogP contribution in [0.1, 0.15) is 31.4 Å². The molecule has 0 aliphatic carbocycles. The minimum Gasteiger partial charge on any atom is -0.310 e. The van der Waals surface area contributed by atoms with Crippen LogP contribution in [0.2, 0.25) is 0 Å². The minimum atomic E-state index is -0.213. The highest BCUT2D eigenvalue weighted by Gasteiger charge is 2.12. The van der Waals surface area contributed by atoms with E-state index in [1.165, 1.54) is 12.1 Å². The fourth-order valence-electron chi connectivity index (χ4n) is 1.68. The fraction of sp³-hybridized carbons (Fsp3) is 0.385. The third kappa shape index (κ3) is 3.72. The van der Waals surface area contributed by atoms with Crippen LogP contribution in [0.3, 0.4) is 0 Å². The topological polar surface area (TPSA) is 12.0 Å². The predicted octanol–water partition coefficient (Wildman–Crippen LogP) is 4.21. The standard InChI is InChI=1S/C13H17BrFN/c1-3-5-6-13(16-4-2)11-8-7-10(15)9-12(11)14/h3,7-9,13,16H,1,4-6H2,2H3. The van der Waals surface area contributed by atoms with Crippen molar-refractivity contribution in [1.29, 1.82) is 0 Å². The van der Waals surface area contributed by atoms with Gasteiger partial charge in [-0.05, 0) is 37.1 Å². The lowest BCUT2D eigenvalue weighted by Crippen LogP contribution is -2.21. The number of nitrogens with one attached hydrogen (secondary N) is 1. The summed E-state index contributed by atoms with van der Waals surface area (Å²) in [6, 6.07) is 5.08. The molecule has 0 aliphatic rings. The summed E-state index contributed by atoms with van der Waals surface area (Å²) in [6.07, 6.45) is 3.82. The number of hydrogen-bond donors (Lipinski definition) is 1. The molecular weight excluding hydrogens is 269 g/mol. The normalized spacial score (nSPS) is 12.4. The van der Waals surface area contributed by atoms with Crippen molar-refractivity contribution in [3.05, 3.63) is 46.7 Å². The van der Waals surface area contributed by atoms with Crippen LogP contribution in [0.25, 0.3) is 0 Å². The van der Waals surface area contributed by atoms with Gasteiger partial charge in [0, 0.05) is 10.5 Å². The molecule has 1 rings (SSSR count). The Morgan fingerprint density at radius 2 is 2.31 bits per heavy atom. The van der Waals surface area contributed by atoms with Gasteiger partial charge in [0.25, 0.3) is 0 Å². The van der Waals surface area contributed by atoms with Crippen molar-refractivity contribution in [2.75, 3.05) is 6.54 Å². The van der Waals surface area contributed by atoms with Crippen LogP contribution in [0.15, 0.2) is 35.3 Å². The average Bonchev–Trinajstić information content (AvgIpc) is 2.25. The van der Waals surface area contributed by atoms with E-state index in [-0.39, 0.29) is 11.9 Å². The molecule has 16 heavy (non-hydrogen) atoms. The van der Waals surface area contributed by atoms with Gasteiger partial charge in [-0.1, -0.05) is 35.0 Å². The summed E-state index contributed by atoms with van der Waals surface area (Å²) in [7, 11) is 0. The number of halogens is 2. The monoisotopic (exact) mass is 285 g/mol. The van der Waals surface area contributed by atoms with Crippen molar-refractivity contribution in [3.8, 4) is 0 Å². The SMILES string of the molecule is C=CCCC(NCC)c1ccc(F)cc1Br. The molecule has 0 saturated carbocycles. The summed E-state index contributed by atoms with van der Waals surface area (Å²) >= 11 is 3.40. The molecule has 0 spiro atoms. The van der Waals surface area contributed by atoms with Crippen LogP contribution in [-0.4, -0.2) is 6.54 Å². The van der Waals surface area contributed by atoms with Crippen molar-refractivity contribution in [2.24, 2.45) is 0 Å². The number of benzene rings is 1. The van der Waals surface area contributed by atoms with Gasteiger partial charge in [-0.15, -0.1) is 6.58 Å². The van der Waals surface area contributed by atoms with Gasteiger partial charge in [-0.3, -0.25) is 0 Å². The van der Waals surface area contributed by atoms with E-state index in [2.05, 4.69) is 34.7 Å². The first-order valence-electron chi connectivity index (χ1n) is 5.48. The third-order valence-corrected chi connectivity index (χ3v) is 3.13. The van der Waals surface area contributed by atoms with Gasteiger partial charge in [0.05, 0.1) is 0 Å². The Labute approximate surface area is 105 Å². The second-order valence-electron chi connectivity index (χ2n) is 3.64. The van der Waals surface area contributed by atoms with Crippen molar-refractivity contribution in [3.63, 3.8) is 0 Å². The molecule has 1 nitrogen and oxygen atoms in total. The Kier molecular flexibility index (Phi) is 5.71. The second kappa shape index (κ2) is 6.81. The Balaban J connectivity index is 2.86. The number of hydrogen-bond acceptors (Lipinski definition) is 1. The van der Waals surface area contributed by atoms with Gasteiger partial charge < -0.3 is 5.32 Å².